The minimum Gasteiger partial charge on any atom is -0.0776 e. The van der Waals surface area contributed by atoms with E-state index in [2.05, 4.69) is 31.2 Å². The van der Waals surface area contributed by atoms with Gasteiger partial charge in [0.1, 0.15) is 0 Å². The van der Waals surface area contributed by atoms with Crippen LogP contribution >= 0.6 is 0 Å². The minimum atomic E-state index is 0.757. The molecule has 0 aliphatic heterocycles. The van der Waals surface area contributed by atoms with E-state index in [1.807, 2.05) is 0 Å². The van der Waals surface area contributed by atoms with E-state index in [-0.39, 0.29) is 0 Å². The van der Waals surface area contributed by atoms with Crippen LogP contribution in [0.1, 0.15) is 58.3 Å². The summed E-state index contributed by atoms with van der Waals surface area (Å²) in [6, 6.07) is 0. The van der Waals surface area contributed by atoms with Crippen molar-refractivity contribution in [2.45, 2.75) is 58.3 Å². The molecule has 0 aromatic heterocycles. The predicted octanol–water partition coefficient (Wildman–Crippen LogP) is 5.12. The molecule has 0 heteroatoms. The molecule has 0 aromatic carbocycles. The molecule has 0 radical (unpaired) electrons. The first-order valence-electron chi connectivity index (χ1n) is 7.23. The van der Waals surface area contributed by atoms with Crippen LogP contribution < -0.4 is 0 Å². The lowest BCUT2D eigenvalue weighted by molar-refractivity contribution is 0.424. The summed E-state index contributed by atoms with van der Waals surface area (Å²) >= 11 is 0. The molecule has 0 amide bonds. The first kappa shape index (κ1) is 12.0. The molecule has 0 heterocycles. The molecule has 0 aromatic rings. The molecule has 0 N–H and O–H groups in total. The van der Waals surface area contributed by atoms with Crippen molar-refractivity contribution >= 4 is 0 Å². The lowest BCUT2D eigenvalue weighted by atomic mass is 9.94. The molecule has 90 valence electrons. The van der Waals surface area contributed by atoms with E-state index in [0.717, 1.165) is 17.8 Å². The molecule has 0 spiro atoms. The normalized spacial score (nSPS) is 29.3. The highest BCUT2D eigenvalue weighted by Gasteiger charge is 2.23. The topological polar surface area (TPSA) is 0 Å². The minimum absolute atomic E-state index is 0.757. The molecular formula is C16H26. The Bertz CT molecular complexity index is 237. The van der Waals surface area contributed by atoms with Crippen molar-refractivity contribution in [1.82, 2.24) is 0 Å². The van der Waals surface area contributed by atoms with Gasteiger partial charge in [0, 0.05) is 0 Å². The molecule has 2 aliphatic carbocycles. The maximum atomic E-state index is 2.34. The summed E-state index contributed by atoms with van der Waals surface area (Å²) in [6.45, 7) is 2.33. The van der Waals surface area contributed by atoms with Gasteiger partial charge in [0.05, 0.1) is 0 Å². The van der Waals surface area contributed by atoms with Crippen molar-refractivity contribution in [1.29, 1.82) is 0 Å². The van der Waals surface area contributed by atoms with Crippen LogP contribution in [-0.4, -0.2) is 0 Å². The zero-order valence-corrected chi connectivity index (χ0v) is 10.7. The Balaban J connectivity index is 1.57. The van der Waals surface area contributed by atoms with Gasteiger partial charge in [-0.1, -0.05) is 69.8 Å². The first-order chi connectivity index (χ1) is 7.88. The van der Waals surface area contributed by atoms with Gasteiger partial charge >= 0.3 is 0 Å². The summed E-state index contributed by atoms with van der Waals surface area (Å²) in [7, 11) is 0. The van der Waals surface area contributed by atoms with Crippen LogP contribution in [0.3, 0.4) is 0 Å². The quantitative estimate of drug-likeness (QED) is 0.581. The summed E-state index contributed by atoms with van der Waals surface area (Å²) < 4.78 is 0. The maximum Gasteiger partial charge on any atom is -0.00473 e. The third-order valence-electron chi connectivity index (χ3n) is 4.32. The van der Waals surface area contributed by atoms with Crippen LogP contribution in [0.2, 0.25) is 0 Å². The van der Waals surface area contributed by atoms with E-state index >= 15 is 0 Å². The fourth-order valence-electron chi connectivity index (χ4n) is 3.42. The van der Waals surface area contributed by atoms with Crippen LogP contribution in [0.25, 0.3) is 0 Å². The number of hydrogen-bond donors (Lipinski definition) is 0. The molecular weight excluding hydrogens is 192 g/mol. The van der Waals surface area contributed by atoms with Crippen molar-refractivity contribution in [3.05, 3.63) is 24.3 Å². The van der Waals surface area contributed by atoms with Gasteiger partial charge in [-0.15, -0.1) is 0 Å². The number of hydrogen-bond acceptors (Lipinski definition) is 0. The molecule has 0 saturated heterocycles. The van der Waals surface area contributed by atoms with E-state index in [1.165, 1.54) is 51.4 Å². The van der Waals surface area contributed by atoms with Crippen LogP contribution in [0.15, 0.2) is 24.3 Å². The third-order valence-corrected chi connectivity index (χ3v) is 4.32. The Morgan fingerprint density at radius 3 is 2.31 bits per heavy atom. The average molecular weight is 218 g/mol. The molecule has 1 fully saturated rings. The summed E-state index contributed by atoms with van der Waals surface area (Å²) in [5.41, 5.74) is 0. The second-order valence-corrected chi connectivity index (χ2v) is 5.70. The highest BCUT2D eigenvalue weighted by atomic mass is 14.3. The van der Waals surface area contributed by atoms with Crippen LogP contribution in [0.4, 0.5) is 0 Å². The first-order valence-corrected chi connectivity index (χ1v) is 7.23. The molecule has 2 unspecified atom stereocenters. The molecule has 2 atom stereocenters. The summed E-state index contributed by atoms with van der Waals surface area (Å²) in [5, 5.41) is 0. The molecule has 0 nitrogen and oxygen atoms in total. The number of rotatable bonds is 6. The molecule has 16 heavy (non-hydrogen) atoms. The van der Waals surface area contributed by atoms with E-state index in [1.54, 1.807) is 0 Å². The highest BCUT2D eigenvalue weighted by molar-refractivity contribution is 5.17. The molecule has 2 rings (SSSR count). The van der Waals surface area contributed by atoms with Crippen LogP contribution in [0.5, 0.6) is 0 Å². The maximum absolute atomic E-state index is 2.34. The smallest absolute Gasteiger partial charge is 0.00473 e. The van der Waals surface area contributed by atoms with Crippen LogP contribution in [-0.2, 0) is 0 Å². The van der Waals surface area contributed by atoms with E-state index in [4.69, 9.17) is 0 Å². The van der Waals surface area contributed by atoms with Gasteiger partial charge in [0.2, 0.25) is 0 Å². The SMILES string of the molecule is CCCC1CCC(CCCC2C=CC=C2)C1. The fraction of sp³-hybridized carbons (Fsp3) is 0.750. The lowest BCUT2D eigenvalue weighted by Crippen LogP contribution is -1.98. The molecule has 1 saturated carbocycles. The fourth-order valence-corrected chi connectivity index (χ4v) is 3.42. The van der Waals surface area contributed by atoms with Gasteiger partial charge in [-0.2, -0.15) is 0 Å². The Morgan fingerprint density at radius 2 is 1.62 bits per heavy atom. The second kappa shape index (κ2) is 6.27. The zero-order valence-electron chi connectivity index (χ0n) is 10.7. The third kappa shape index (κ3) is 3.50. The van der Waals surface area contributed by atoms with Crippen LogP contribution in [0, 0.1) is 17.8 Å². The van der Waals surface area contributed by atoms with Gasteiger partial charge in [-0.25, -0.2) is 0 Å². The van der Waals surface area contributed by atoms with Crippen molar-refractivity contribution in [2.75, 3.05) is 0 Å². The monoisotopic (exact) mass is 218 g/mol. The predicted molar refractivity (Wildman–Crippen MR) is 71.4 cm³/mol. The second-order valence-electron chi connectivity index (χ2n) is 5.70. The van der Waals surface area contributed by atoms with Gasteiger partial charge < -0.3 is 0 Å². The summed E-state index contributed by atoms with van der Waals surface area (Å²) in [5.74, 6) is 2.89. The average Bonchev–Trinajstić information content (AvgIpc) is 2.90. The highest BCUT2D eigenvalue weighted by Crippen LogP contribution is 2.36. The Morgan fingerprint density at radius 1 is 0.938 bits per heavy atom. The lowest BCUT2D eigenvalue weighted by Gasteiger charge is -2.11. The van der Waals surface area contributed by atoms with Gasteiger partial charge in [-0.05, 0) is 30.6 Å². The van der Waals surface area contributed by atoms with Crippen molar-refractivity contribution < 1.29 is 0 Å². The molecule has 0 bridgehead atoms. The largest absolute Gasteiger partial charge is 0.0776 e. The van der Waals surface area contributed by atoms with Gasteiger partial charge in [-0.3, -0.25) is 0 Å². The van der Waals surface area contributed by atoms with Gasteiger partial charge in [0.25, 0.3) is 0 Å². The van der Waals surface area contributed by atoms with Crippen molar-refractivity contribution in [3.63, 3.8) is 0 Å². The molecule has 2 aliphatic rings. The van der Waals surface area contributed by atoms with Crippen molar-refractivity contribution in [3.8, 4) is 0 Å². The van der Waals surface area contributed by atoms with E-state index in [9.17, 15) is 0 Å². The standard InChI is InChI=1S/C16H26/c1-2-6-15-11-12-16(13-15)10-5-9-14-7-3-4-8-14/h3-4,7-8,14-16H,2,5-6,9-13H2,1H3. The Kier molecular flexibility index (Phi) is 4.69. The summed E-state index contributed by atoms with van der Waals surface area (Å²) in [4.78, 5) is 0. The summed E-state index contributed by atoms with van der Waals surface area (Å²) in [6.07, 6.45) is 20.8. The van der Waals surface area contributed by atoms with E-state index < -0.39 is 0 Å². The number of allylic oxidation sites excluding steroid dienone is 4. The Hall–Kier alpha value is -0.520. The van der Waals surface area contributed by atoms with Crippen molar-refractivity contribution in [2.24, 2.45) is 17.8 Å². The van der Waals surface area contributed by atoms with E-state index in [0.29, 0.717) is 0 Å². The Labute approximate surface area is 101 Å². The van der Waals surface area contributed by atoms with Gasteiger partial charge in [0.15, 0.2) is 0 Å². The zero-order chi connectivity index (χ0) is 11.2.